The van der Waals surface area contributed by atoms with Crippen LogP contribution in [0.25, 0.3) is 10.2 Å². The summed E-state index contributed by atoms with van der Waals surface area (Å²) in [4.78, 5) is 16.3. The van der Waals surface area contributed by atoms with Crippen molar-refractivity contribution in [2.45, 2.75) is 13.8 Å². The van der Waals surface area contributed by atoms with E-state index in [2.05, 4.69) is 21.5 Å². The molecular formula is C13H11N3O2S. The third-order valence-electron chi connectivity index (χ3n) is 2.82. The second-order valence-electron chi connectivity index (χ2n) is 4.23. The number of hydrogen-bond donors (Lipinski definition) is 1. The van der Waals surface area contributed by atoms with Crippen LogP contribution in [0.3, 0.4) is 0 Å². The number of thiazole rings is 1. The summed E-state index contributed by atoms with van der Waals surface area (Å²) in [7, 11) is 0. The lowest BCUT2D eigenvalue weighted by molar-refractivity contribution is 0.0988. The van der Waals surface area contributed by atoms with Crippen LogP contribution in [0.15, 0.2) is 28.9 Å². The molecule has 0 unspecified atom stereocenters. The second kappa shape index (κ2) is 4.47. The lowest BCUT2D eigenvalue weighted by Gasteiger charge is -1.96. The molecule has 19 heavy (non-hydrogen) atoms. The minimum Gasteiger partial charge on any atom is -0.351 e. The predicted octanol–water partition coefficient (Wildman–Crippen LogP) is 3.15. The highest BCUT2D eigenvalue weighted by Crippen LogP contribution is 2.30. The average Bonchev–Trinajstić information content (AvgIpc) is 3.02. The number of amides is 1. The number of anilines is 1. The van der Waals surface area contributed by atoms with Crippen LogP contribution in [0.2, 0.25) is 0 Å². The van der Waals surface area contributed by atoms with Crippen molar-refractivity contribution < 1.29 is 9.32 Å². The van der Waals surface area contributed by atoms with E-state index in [1.807, 2.05) is 19.9 Å². The molecule has 0 fully saturated rings. The van der Waals surface area contributed by atoms with Crippen LogP contribution in [0.5, 0.6) is 0 Å². The number of carbonyl (C=O) groups excluding carboxylic acids is 1. The summed E-state index contributed by atoms with van der Waals surface area (Å²) in [5.74, 6) is -0.167. The fourth-order valence-corrected chi connectivity index (χ4v) is 2.81. The summed E-state index contributed by atoms with van der Waals surface area (Å²) in [6.07, 6.45) is 1.43. The van der Waals surface area contributed by atoms with Gasteiger partial charge in [-0.1, -0.05) is 28.6 Å². The molecule has 0 aliphatic carbocycles. The van der Waals surface area contributed by atoms with E-state index in [4.69, 9.17) is 4.52 Å². The SMILES string of the molecule is Cc1ccc(C)c2sc(NC(=O)c3ccno3)nc12. The topological polar surface area (TPSA) is 68.0 Å². The highest BCUT2D eigenvalue weighted by Gasteiger charge is 2.14. The second-order valence-corrected chi connectivity index (χ2v) is 5.23. The fraction of sp³-hybridized carbons (Fsp3) is 0.154. The molecule has 1 amide bonds. The molecule has 0 atom stereocenters. The van der Waals surface area contributed by atoms with Gasteiger partial charge in [0.2, 0.25) is 5.76 Å². The zero-order valence-electron chi connectivity index (χ0n) is 10.4. The van der Waals surface area contributed by atoms with Crippen LogP contribution in [0, 0.1) is 13.8 Å². The Morgan fingerprint density at radius 2 is 2.05 bits per heavy atom. The number of aromatic nitrogens is 2. The highest BCUT2D eigenvalue weighted by molar-refractivity contribution is 7.22. The number of nitrogens with one attached hydrogen (secondary N) is 1. The standard InChI is InChI=1S/C13H11N3O2S/c1-7-3-4-8(2)11-10(7)15-13(19-11)16-12(17)9-5-6-14-18-9/h3-6H,1-2H3,(H,15,16,17). The zero-order valence-corrected chi connectivity index (χ0v) is 11.2. The summed E-state index contributed by atoms with van der Waals surface area (Å²) in [6.45, 7) is 4.03. The summed E-state index contributed by atoms with van der Waals surface area (Å²) in [5.41, 5.74) is 3.17. The summed E-state index contributed by atoms with van der Waals surface area (Å²) in [5, 5.41) is 6.79. The molecule has 0 saturated carbocycles. The summed E-state index contributed by atoms with van der Waals surface area (Å²) >= 11 is 1.46. The Morgan fingerprint density at radius 3 is 2.74 bits per heavy atom. The normalized spacial score (nSPS) is 10.8. The molecule has 0 bridgehead atoms. The van der Waals surface area contributed by atoms with E-state index in [-0.39, 0.29) is 11.7 Å². The van der Waals surface area contributed by atoms with Crippen molar-refractivity contribution in [2.75, 3.05) is 5.32 Å². The molecule has 0 aliphatic heterocycles. The molecule has 6 heteroatoms. The maximum absolute atomic E-state index is 11.8. The third-order valence-corrected chi connectivity index (χ3v) is 3.93. The Morgan fingerprint density at radius 1 is 1.26 bits per heavy atom. The lowest BCUT2D eigenvalue weighted by atomic mass is 10.1. The molecule has 0 saturated heterocycles. The smallest absolute Gasteiger partial charge is 0.296 e. The van der Waals surface area contributed by atoms with E-state index in [1.54, 1.807) is 0 Å². The Labute approximate surface area is 113 Å². The monoisotopic (exact) mass is 273 g/mol. The first-order chi connectivity index (χ1) is 9.15. The van der Waals surface area contributed by atoms with Crippen LogP contribution in [0.4, 0.5) is 5.13 Å². The van der Waals surface area contributed by atoms with Crippen molar-refractivity contribution in [1.29, 1.82) is 0 Å². The number of fused-ring (bicyclic) bond motifs is 1. The van der Waals surface area contributed by atoms with E-state index >= 15 is 0 Å². The lowest BCUT2D eigenvalue weighted by Crippen LogP contribution is -2.10. The Kier molecular flexibility index (Phi) is 2.79. The van der Waals surface area contributed by atoms with Gasteiger partial charge in [-0.2, -0.15) is 0 Å². The van der Waals surface area contributed by atoms with E-state index in [9.17, 15) is 4.79 Å². The molecular weight excluding hydrogens is 262 g/mol. The van der Waals surface area contributed by atoms with Crippen molar-refractivity contribution >= 4 is 32.6 Å². The van der Waals surface area contributed by atoms with Gasteiger partial charge in [-0.25, -0.2) is 4.98 Å². The largest absolute Gasteiger partial charge is 0.351 e. The number of aryl methyl sites for hydroxylation is 2. The molecule has 2 aromatic heterocycles. The number of benzene rings is 1. The Hall–Kier alpha value is -2.21. The minimum absolute atomic E-state index is 0.174. The molecule has 0 spiro atoms. The zero-order chi connectivity index (χ0) is 13.4. The molecule has 96 valence electrons. The highest BCUT2D eigenvalue weighted by atomic mass is 32.1. The van der Waals surface area contributed by atoms with Crippen molar-refractivity contribution in [2.24, 2.45) is 0 Å². The van der Waals surface area contributed by atoms with Crippen molar-refractivity contribution in [3.63, 3.8) is 0 Å². The molecule has 5 nitrogen and oxygen atoms in total. The average molecular weight is 273 g/mol. The summed E-state index contributed by atoms with van der Waals surface area (Å²) < 4.78 is 5.89. The van der Waals surface area contributed by atoms with E-state index in [0.717, 1.165) is 21.3 Å². The number of hydrogen-bond acceptors (Lipinski definition) is 5. The van der Waals surface area contributed by atoms with Crippen LogP contribution < -0.4 is 5.32 Å². The molecule has 3 rings (SSSR count). The van der Waals surface area contributed by atoms with Crippen LogP contribution >= 0.6 is 11.3 Å². The first kappa shape index (κ1) is 11.9. The number of rotatable bonds is 2. The predicted molar refractivity (Wildman–Crippen MR) is 73.6 cm³/mol. The van der Waals surface area contributed by atoms with Gasteiger partial charge in [-0.3, -0.25) is 10.1 Å². The number of carbonyl (C=O) groups is 1. The van der Waals surface area contributed by atoms with Gasteiger partial charge in [0.05, 0.1) is 16.4 Å². The van der Waals surface area contributed by atoms with Crippen LogP contribution in [-0.4, -0.2) is 16.0 Å². The van der Waals surface area contributed by atoms with Gasteiger partial charge < -0.3 is 4.52 Å². The van der Waals surface area contributed by atoms with E-state index in [1.165, 1.54) is 23.6 Å². The van der Waals surface area contributed by atoms with E-state index < -0.39 is 0 Å². The van der Waals surface area contributed by atoms with Crippen LogP contribution in [0.1, 0.15) is 21.7 Å². The van der Waals surface area contributed by atoms with Gasteiger partial charge in [0.1, 0.15) is 0 Å². The Balaban J connectivity index is 1.96. The fourth-order valence-electron chi connectivity index (χ4n) is 1.80. The molecule has 2 heterocycles. The maximum Gasteiger partial charge on any atom is 0.296 e. The van der Waals surface area contributed by atoms with Gasteiger partial charge >= 0.3 is 0 Å². The molecule has 1 aromatic carbocycles. The van der Waals surface area contributed by atoms with Crippen molar-refractivity contribution in [1.82, 2.24) is 10.1 Å². The first-order valence-electron chi connectivity index (χ1n) is 5.74. The first-order valence-corrected chi connectivity index (χ1v) is 6.55. The molecule has 0 radical (unpaired) electrons. The summed E-state index contributed by atoms with van der Waals surface area (Å²) in [6, 6.07) is 5.59. The van der Waals surface area contributed by atoms with Gasteiger partial charge in [-0.05, 0) is 25.0 Å². The van der Waals surface area contributed by atoms with Gasteiger partial charge in [0.15, 0.2) is 5.13 Å². The van der Waals surface area contributed by atoms with Crippen molar-refractivity contribution in [3.05, 3.63) is 41.3 Å². The maximum atomic E-state index is 11.8. The third kappa shape index (κ3) is 2.10. The molecule has 0 aliphatic rings. The van der Waals surface area contributed by atoms with Crippen molar-refractivity contribution in [3.8, 4) is 0 Å². The van der Waals surface area contributed by atoms with Crippen LogP contribution in [-0.2, 0) is 0 Å². The minimum atomic E-state index is -0.341. The quantitative estimate of drug-likeness (QED) is 0.778. The van der Waals surface area contributed by atoms with Gasteiger partial charge in [0.25, 0.3) is 5.91 Å². The molecule has 3 aromatic rings. The van der Waals surface area contributed by atoms with Gasteiger partial charge in [0, 0.05) is 6.07 Å². The van der Waals surface area contributed by atoms with Gasteiger partial charge in [-0.15, -0.1) is 0 Å². The molecule has 1 N–H and O–H groups in total. The number of nitrogens with zero attached hydrogens (tertiary/aromatic N) is 2. The Bertz CT molecular complexity index is 708. The van der Waals surface area contributed by atoms with E-state index in [0.29, 0.717) is 5.13 Å².